The average Bonchev–Trinajstić information content (AvgIpc) is 3.38. The number of nitrogens with one attached hydrogen (secondary N) is 2. The molecule has 0 aliphatic carbocycles. The van der Waals surface area contributed by atoms with Crippen molar-refractivity contribution in [3.63, 3.8) is 0 Å². The summed E-state index contributed by atoms with van der Waals surface area (Å²) >= 11 is 1.35. The summed E-state index contributed by atoms with van der Waals surface area (Å²) in [4.78, 5) is 30.7. The monoisotopic (exact) mass is 617 g/mol. The van der Waals surface area contributed by atoms with E-state index in [1.165, 1.54) is 26.7 Å². The van der Waals surface area contributed by atoms with Crippen molar-refractivity contribution in [3.8, 4) is 0 Å². The minimum absolute atomic E-state index is 0.0403. The number of sulfonamides is 1. The van der Waals surface area contributed by atoms with Crippen LogP contribution in [0.4, 0.5) is 0 Å². The molecule has 0 aliphatic rings. The lowest BCUT2D eigenvalue weighted by molar-refractivity contribution is -0.149. The van der Waals surface area contributed by atoms with Crippen LogP contribution in [0.3, 0.4) is 0 Å². The Morgan fingerprint density at radius 1 is 1.07 bits per heavy atom. The molecule has 3 N–H and O–H groups in total. The highest BCUT2D eigenvalue weighted by Crippen LogP contribution is 2.26. The molecule has 42 heavy (non-hydrogen) atoms. The third-order valence-corrected chi connectivity index (χ3v) is 9.12. The number of fused-ring (bicyclic) bond motifs is 1. The van der Waals surface area contributed by atoms with Gasteiger partial charge in [0.05, 0.1) is 39.3 Å². The van der Waals surface area contributed by atoms with E-state index >= 15 is 0 Å². The highest BCUT2D eigenvalue weighted by atomic mass is 32.2. The van der Waals surface area contributed by atoms with E-state index in [1.54, 1.807) is 24.7 Å². The first-order valence-electron chi connectivity index (χ1n) is 14.0. The molecule has 1 heterocycles. The zero-order valence-corrected chi connectivity index (χ0v) is 26.8. The summed E-state index contributed by atoms with van der Waals surface area (Å²) in [6.45, 7) is 9.38. The van der Waals surface area contributed by atoms with Gasteiger partial charge in [-0.05, 0) is 48.6 Å². The standard InChI is InChI=1S/C30H43N5O5S2/c1-21(2)18-34(42(39,40)23-12-13-24-27(15-23)41-20-32-24)19-26(36)25(14-22-10-8-7-9-11-22)35(33-28(37)17-31-6)29(38)16-30(3,4)5/h7-13,15,20-21,25-26,31,36H,14,16-19H2,1-6H3,(H,33,37)/t25-,26+/m0/s1. The van der Waals surface area contributed by atoms with Gasteiger partial charge in [-0.15, -0.1) is 11.3 Å². The number of thiazole rings is 1. The Labute approximate surface area is 253 Å². The molecule has 2 atom stereocenters. The van der Waals surface area contributed by atoms with Crippen LogP contribution in [0.15, 0.2) is 58.9 Å². The summed E-state index contributed by atoms with van der Waals surface area (Å²) in [5.74, 6) is -0.865. The lowest BCUT2D eigenvalue weighted by Gasteiger charge is -2.38. The Bertz CT molecular complexity index is 1440. The van der Waals surface area contributed by atoms with Crippen LogP contribution >= 0.6 is 11.3 Å². The molecule has 0 aliphatic heterocycles. The summed E-state index contributed by atoms with van der Waals surface area (Å²) < 4.78 is 29.9. The van der Waals surface area contributed by atoms with Crippen LogP contribution in [0.2, 0.25) is 0 Å². The third-order valence-electron chi connectivity index (χ3n) is 6.50. The fourth-order valence-electron chi connectivity index (χ4n) is 4.61. The maximum Gasteiger partial charge on any atom is 0.252 e. The van der Waals surface area contributed by atoms with E-state index < -0.39 is 33.5 Å². The quantitative estimate of drug-likeness (QED) is 0.251. The van der Waals surface area contributed by atoms with E-state index in [0.717, 1.165) is 10.3 Å². The largest absolute Gasteiger partial charge is 0.390 e. The zero-order chi connectivity index (χ0) is 31.1. The van der Waals surface area contributed by atoms with Gasteiger partial charge in [0, 0.05) is 19.5 Å². The normalized spacial score (nSPS) is 13.8. The van der Waals surface area contributed by atoms with Crippen LogP contribution in [-0.2, 0) is 26.0 Å². The second-order valence-corrected chi connectivity index (χ2v) is 14.9. The molecular formula is C30H43N5O5S2. The van der Waals surface area contributed by atoms with Crippen LogP contribution in [0, 0.1) is 11.3 Å². The van der Waals surface area contributed by atoms with Crippen molar-refractivity contribution in [1.29, 1.82) is 0 Å². The Balaban J connectivity index is 2.03. The van der Waals surface area contributed by atoms with E-state index in [4.69, 9.17) is 0 Å². The molecule has 0 saturated carbocycles. The van der Waals surface area contributed by atoms with Crippen molar-refractivity contribution in [2.45, 2.75) is 64.5 Å². The highest BCUT2D eigenvalue weighted by molar-refractivity contribution is 7.89. The number of carbonyl (C=O) groups excluding carboxylic acids is 2. The fraction of sp³-hybridized carbons (Fsp3) is 0.500. The van der Waals surface area contributed by atoms with Gasteiger partial charge in [-0.1, -0.05) is 65.0 Å². The van der Waals surface area contributed by atoms with Crippen molar-refractivity contribution in [2.75, 3.05) is 26.7 Å². The van der Waals surface area contributed by atoms with Crippen LogP contribution in [0.1, 0.15) is 46.6 Å². The molecule has 0 unspecified atom stereocenters. The predicted octanol–water partition coefficient (Wildman–Crippen LogP) is 3.43. The van der Waals surface area contributed by atoms with Crippen LogP contribution in [-0.4, -0.2) is 78.5 Å². The second-order valence-electron chi connectivity index (χ2n) is 12.1. The Morgan fingerprint density at radius 2 is 1.76 bits per heavy atom. The van der Waals surface area contributed by atoms with Gasteiger partial charge < -0.3 is 10.4 Å². The molecule has 0 fully saturated rings. The van der Waals surface area contributed by atoms with E-state index in [1.807, 2.05) is 65.0 Å². The topological polar surface area (TPSA) is 132 Å². The molecule has 0 saturated heterocycles. The highest BCUT2D eigenvalue weighted by Gasteiger charge is 2.37. The van der Waals surface area contributed by atoms with Crippen LogP contribution in [0.25, 0.3) is 10.2 Å². The molecule has 2 amide bonds. The molecule has 1 aromatic heterocycles. The van der Waals surface area contributed by atoms with Gasteiger partial charge in [-0.3, -0.25) is 15.0 Å². The van der Waals surface area contributed by atoms with Crippen molar-refractivity contribution < 1.29 is 23.1 Å². The number of hydrazine groups is 1. The lowest BCUT2D eigenvalue weighted by Crippen LogP contribution is -2.60. The molecule has 0 bridgehead atoms. The summed E-state index contributed by atoms with van der Waals surface area (Å²) in [5.41, 5.74) is 5.50. The second kappa shape index (κ2) is 14.5. The number of nitrogens with zero attached hydrogens (tertiary/aromatic N) is 3. The number of aliphatic hydroxyl groups excluding tert-OH is 1. The van der Waals surface area contributed by atoms with Crippen LogP contribution in [0.5, 0.6) is 0 Å². The smallest absolute Gasteiger partial charge is 0.252 e. The molecule has 2 aromatic carbocycles. The lowest BCUT2D eigenvalue weighted by atomic mass is 9.91. The molecule has 3 rings (SSSR count). The number of rotatable bonds is 13. The molecule has 3 aromatic rings. The molecular weight excluding hydrogens is 574 g/mol. The number of aromatic nitrogens is 1. The number of benzene rings is 2. The molecule has 0 spiro atoms. The van der Waals surface area contributed by atoms with Crippen LogP contribution < -0.4 is 10.7 Å². The Kier molecular flexibility index (Phi) is 11.6. The van der Waals surface area contributed by atoms with Crippen molar-refractivity contribution in [3.05, 3.63) is 59.6 Å². The van der Waals surface area contributed by atoms with Gasteiger partial charge in [0.2, 0.25) is 15.9 Å². The van der Waals surface area contributed by atoms with Crippen molar-refractivity contribution in [1.82, 2.24) is 25.0 Å². The summed E-state index contributed by atoms with van der Waals surface area (Å²) in [6.07, 6.45) is -1.03. The summed E-state index contributed by atoms with van der Waals surface area (Å²) in [7, 11) is -2.40. The van der Waals surface area contributed by atoms with E-state index in [2.05, 4.69) is 15.7 Å². The minimum atomic E-state index is -4.02. The van der Waals surface area contributed by atoms with Crippen molar-refractivity contribution >= 4 is 43.4 Å². The van der Waals surface area contributed by atoms with Gasteiger partial charge in [-0.25, -0.2) is 18.4 Å². The van der Waals surface area contributed by atoms with Crippen molar-refractivity contribution in [2.24, 2.45) is 11.3 Å². The number of likely N-dealkylation sites (N-methyl/N-ethyl adjacent to an activating group) is 1. The fourth-order valence-corrected chi connectivity index (χ4v) is 7.05. The Hall–Kier alpha value is -2.90. The number of hydrogen-bond acceptors (Lipinski definition) is 8. The van der Waals surface area contributed by atoms with E-state index in [0.29, 0.717) is 5.52 Å². The van der Waals surface area contributed by atoms with Gasteiger partial charge in [0.25, 0.3) is 5.91 Å². The first kappa shape index (κ1) is 33.6. The summed E-state index contributed by atoms with van der Waals surface area (Å²) in [5, 5.41) is 15.8. The molecule has 12 heteroatoms. The SMILES string of the molecule is CNCC(=O)NN(C(=O)CC(C)(C)C)[C@@H](Cc1ccccc1)[C@H](O)CN(CC(C)C)S(=O)(=O)c1ccc2ncsc2c1. The number of amides is 2. The van der Waals surface area contributed by atoms with Gasteiger partial charge in [-0.2, -0.15) is 4.31 Å². The van der Waals surface area contributed by atoms with E-state index in [9.17, 15) is 23.1 Å². The first-order chi connectivity index (χ1) is 19.7. The van der Waals surface area contributed by atoms with Gasteiger partial charge >= 0.3 is 0 Å². The molecule has 230 valence electrons. The Morgan fingerprint density at radius 3 is 2.38 bits per heavy atom. The third kappa shape index (κ3) is 9.30. The minimum Gasteiger partial charge on any atom is -0.390 e. The number of hydrogen-bond donors (Lipinski definition) is 3. The first-order valence-corrected chi connectivity index (χ1v) is 16.3. The number of aliphatic hydroxyl groups is 1. The molecule has 10 nitrogen and oxygen atoms in total. The maximum absolute atomic E-state index is 13.9. The predicted molar refractivity (Wildman–Crippen MR) is 166 cm³/mol. The molecule has 0 radical (unpaired) electrons. The zero-order valence-electron chi connectivity index (χ0n) is 25.2. The summed E-state index contributed by atoms with van der Waals surface area (Å²) in [6, 6.07) is 13.2. The van der Waals surface area contributed by atoms with E-state index in [-0.39, 0.29) is 49.2 Å². The van der Waals surface area contributed by atoms with Gasteiger partial charge in [0.15, 0.2) is 0 Å². The average molecular weight is 618 g/mol. The number of carbonyl (C=O) groups is 2. The van der Waals surface area contributed by atoms with Gasteiger partial charge in [0.1, 0.15) is 0 Å². The maximum atomic E-state index is 13.9.